The lowest BCUT2D eigenvalue weighted by atomic mass is 10.1. The zero-order valence-corrected chi connectivity index (χ0v) is 17.3. The van der Waals surface area contributed by atoms with Crippen LogP contribution in [0, 0.1) is 0 Å². The van der Waals surface area contributed by atoms with Crippen LogP contribution in [0.4, 0.5) is 4.79 Å². The summed E-state index contributed by atoms with van der Waals surface area (Å²) in [6.45, 7) is 2.84. The van der Waals surface area contributed by atoms with Gasteiger partial charge in [0.15, 0.2) is 0 Å². The van der Waals surface area contributed by atoms with Crippen LogP contribution in [0.2, 0.25) is 0 Å². The summed E-state index contributed by atoms with van der Waals surface area (Å²) in [7, 11) is 2.11. The van der Waals surface area contributed by atoms with E-state index in [1.165, 1.54) is 11.1 Å². The number of amides is 2. The Balaban J connectivity index is 1.40. The van der Waals surface area contributed by atoms with E-state index in [1.54, 1.807) is 0 Å². The molecule has 6 heteroatoms. The van der Waals surface area contributed by atoms with Gasteiger partial charge in [0, 0.05) is 25.7 Å². The first-order valence-electron chi connectivity index (χ1n) is 9.87. The van der Waals surface area contributed by atoms with Gasteiger partial charge in [-0.3, -0.25) is 14.9 Å². The van der Waals surface area contributed by atoms with E-state index in [9.17, 15) is 9.59 Å². The Bertz CT molecular complexity index is 764. The lowest BCUT2D eigenvalue weighted by Gasteiger charge is -2.28. The molecule has 1 aliphatic carbocycles. The lowest BCUT2D eigenvalue weighted by Crippen LogP contribution is -2.28. The molecule has 2 aliphatic heterocycles. The van der Waals surface area contributed by atoms with E-state index in [0.717, 1.165) is 43.2 Å². The van der Waals surface area contributed by atoms with Crippen LogP contribution < -0.4 is 5.32 Å². The predicted octanol–water partition coefficient (Wildman–Crippen LogP) is 4.46. The van der Waals surface area contributed by atoms with E-state index in [1.807, 2.05) is 6.08 Å². The van der Waals surface area contributed by atoms with Crippen molar-refractivity contribution >= 4 is 22.9 Å². The lowest BCUT2D eigenvalue weighted by molar-refractivity contribution is -0.119. The third-order valence-electron chi connectivity index (χ3n) is 5.14. The highest BCUT2D eigenvalue weighted by molar-refractivity contribution is 8.15. The second-order valence-corrected chi connectivity index (χ2v) is 8.34. The van der Waals surface area contributed by atoms with Crippen molar-refractivity contribution < 1.29 is 14.3 Å². The van der Waals surface area contributed by atoms with Crippen LogP contribution in [0.15, 0.2) is 59.6 Å². The van der Waals surface area contributed by atoms with Gasteiger partial charge in [0.1, 0.15) is 5.76 Å². The van der Waals surface area contributed by atoms with Gasteiger partial charge in [-0.15, -0.1) is 0 Å². The zero-order valence-electron chi connectivity index (χ0n) is 16.5. The number of ether oxygens (including phenoxy) is 1. The van der Waals surface area contributed by atoms with E-state index in [0.29, 0.717) is 19.1 Å². The van der Waals surface area contributed by atoms with Crippen molar-refractivity contribution in [1.29, 1.82) is 0 Å². The third kappa shape index (κ3) is 5.64. The van der Waals surface area contributed by atoms with Gasteiger partial charge < -0.3 is 9.64 Å². The molecule has 3 aliphatic rings. The summed E-state index contributed by atoms with van der Waals surface area (Å²) in [5, 5.41) is 1.83. The number of carbonyl (C=O) groups is 2. The number of thioether (sulfide) groups is 1. The summed E-state index contributed by atoms with van der Waals surface area (Å²) in [5.74, 6) is 0.722. The number of nitrogens with one attached hydrogen (secondary N) is 1. The fourth-order valence-electron chi connectivity index (χ4n) is 3.40. The highest BCUT2D eigenvalue weighted by Crippen LogP contribution is 2.26. The van der Waals surface area contributed by atoms with Crippen molar-refractivity contribution in [2.24, 2.45) is 0 Å². The van der Waals surface area contributed by atoms with Crippen molar-refractivity contribution in [2.45, 2.75) is 50.3 Å². The molecular weight excluding hydrogens is 372 g/mol. The monoisotopic (exact) mass is 400 g/mol. The topological polar surface area (TPSA) is 58.6 Å². The summed E-state index contributed by atoms with van der Waals surface area (Å²) < 4.78 is 5.97. The summed E-state index contributed by atoms with van der Waals surface area (Å²) in [6.07, 6.45) is 19.2. The number of hydrogen-bond donors (Lipinski definition) is 1. The van der Waals surface area contributed by atoms with Gasteiger partial charge >= 0.3 is 0 Å². The van der Waals surface area contributed by atoms with Crippen LogP contribution in [0.1, 0.15) is 39.0 Å². The molecule has 28 heavy (non-hydrogen) atoms. The standard InChI is InChI=1S/C22H28N2O3S/c1-3-16-7-10-18(24(2)15-16)13-14-27-19-6-4-5-17(8-11-19)9-12-20-21(25)23-22(26)28-20/h5-8,10-11,15,18,20H,3-4,9,12-14H2,1-2H3,(H,23,25,26). The number of allylic oxidation sites excluding steroid dienone is 7. The molecule has 2 unspecified atom stereocenters. The van der Waals surface area contributed by atoms with Gasteiger partial charge in [0.2, 0.25) is 5.91 Å². The fraction of sp³-hybridized carbons (Fsp3) is 0.455. The molecule has 5 nitrogen and oxygen atoms in total. The van der Waals surface area contributed by atoms with Crippen molar-refractivity contribution in [3.8, 4) is 0 Å². The van der Waals surface area contributed by atoms with Gasteiger partial charge in [-0.25, -0.2) is 0 Å². The molecule has 150 valence electrons. The Morgan fingerprint density at radius 3 is 2.75 bits per heavy atom. The number of likely N-dealkylation sites (N-methyl/N-ethyl adjacent to an activating group) is 1. The average molecular weight is 401 g/mol. The third-order valence-corrected chi connectivity index (χ3v) is 6.19. The first kappa shape index (κ1) is 20.5. The molecule has 0 bridgehead atoms. The second kappa shape index (κ2) is 9.82. The Morgan fingerprint density at radius 2 is 2.04 bits per heavy atom. The van der Waals surface area contributed by atoms with Crippen LogP contribution >= 0.6 is 11.8 Å². The van der Waals surface area contributed by atoms with Gasteiger partial charge in [-0.2, -0.15) is 0 Å². The molecule has 2 amide bonds. The summed E-state index contributed by atoms with van der Waals surface area (Å²) in [5.41, 5.74) is 2.53. The van der Waals surface area contributed by atoms with Crippen LogP contribution in [-0.2, 0) is 9.53 Å². The highest BCUT2D eigenvalue weighted by Gasteiger charge is 2.30. The van der Waals surface area contributed by atoms with Gasteiger partial charge in [-0.1, -0.05) is 48.6 Å². The molecule has 1 fully saturated rings. The molecule has 0 spiro atoms. The predicted molar refractivity (Wildman–Crippen MR) is 114 cm³/mol. The second-order valence-electron chi connectivity index (χ2n) is 7.16. The van der Waals surface area contributed by atoms with Crippen molar-refractivity contribution in [2.75, 3.05) is 13.7 Å². The number of carbonyl (C=O) groups excluding carboxylic acids is 2. The van der Waals surface area contributed by atoms with E-state index in [4.69, 9.17) is 4.74 Å². The van der Waals surface area contributed by atoms with Gasteiger partial charge in [-0.05, 0) is 43.4 Å². The van der Waals surface area contributed by atoms with Gasteiger partial charge in [0.25, 0.3) is 5.24 Å². The minimum atomic E-state index is -0.267. The molecule has 2 heterocycles. The Labute approximate surface area is 171 Å². The summed E-state index contributed by atoms with van der Waals surface area (Å²) in [4.78, 5) is 25.1. The molecule has 3 rings (SSSR count). The number of rotatable bonds is 8. The minimum Gasteiger partial charge on any atom is -0.494 e. The largest absolute Gasteiger partial charge is 0.494 e. The smallest absolute Gasteiger partial charge is 0.286 e. The van der Waals surface area contributed by atoms with Crippen molar-refractivity contribution in [1.82, 2.24) is 10.2 Å². The Kier molecular flexibility index (Phi) is 7.20. The summed E-state index contributed by atoms with van der Waals surface area (Å²) >= 11 is 1.09. The quantitative estimate of drug-likeness (QED) is 0.652. The first-order chi connectivity index (χ1) is 13.5. The van der Waals surface area contributed by atoms with E-state index < -0.39 is 0 Å². The molecule has 2 atom stereocenters. The SMILES string of the molecule is CCC1=CN(C)C(CCOC2=CCC=C(CCC3SC(=O)NC3=O)C=C2)C=C1. The maximum Gasteiger partial charge on any atom is 0.286 e. The maximum atomic E-state index is 11.7. The Hall–Kier alpha value is -2.21. The fourth-order valence-corrected chi connectivity index (χ4v) is 4.22. The van der Waals surface area contributed by atoms with Crippen LogP contribution in [0.25, 0.3) is 0 Å². The highest BCUT2D eigenvalue weighted by atomic mass is 32.2. The average Bonchev–Trinajstić information content (AvgIpc) is 2.86. The molecule has 1 saturated heterocycles. The molecule has 0 saturated carbocycles. The Morgan fingerprint density at radius 1 is 1.18 bits per heavy atom. The maximum absolute atomic E-state index is 11.7. The molecular formula is C22H28N2O3S. The minimum absolute atomic E-state index is 0.169. The number of nitrogens with zero attached hydrogens (tertiary/aromatic N) is 1. The van der Waals surface area contributed by atoms with Crippen LogP contribution in [0.3, 0.4) is 0 Å². The van der Waals surface area contributed by atoms with Crippen molar-refractivity contribution in [3.05, 3.63) is 59.6 Å². The van der Waals surface area contributed by atoms with Crippen LogP contribution in [0.5, 0.6) is 0 Å². The van der Waals surface area contributed by atoms with E-state index in [2.05, 4.69) is 60.8 Å². The molecule has 0 aromatic rings. The number of hydrogen-bond acceptors (Lipinski definition) is 5. The van der Waals surface area contributed by atoms with E-state index in [-0.39, 0.29) is 16.4 Å². The van der Waals surface area contributed by atoms with Crippen molar-refractivity contribution in [3.63, 3.8) is 0 Å². The normalized spacial score (nSPS) is 24.5. The first-order valence-corrected chi connectivity index (χ1v) is 10.8. The molecule has 0 aromatic heterocycles. The molecule has 1 N–H and O–H groups in total. The zero-order chi connectivity index (χ0) is 19.9. The molecule has 0 aromatic carbocycles. The molecule has 0 radical (unpaired) electrons. The summed E-state index contributed by atoms with van der Waals surface area (Å²) in [6, 6.07) is 0.372. The van der Waals surface area contributed by atoms with Crippen LogP contribution in [-0.4, -0.2) is 41.0 Å². The van der Waals surface area contributed by atoms with Gasteiger partial charge in [0.05, 0.1) is 11.9 Å². The number of imide groups is 1. The van der Waals surface area contributed by atoms with E-state index >= 15 is 0 Å².